The Kier molecular flexibility index (Phi) is 4.16. The van der Waals surface area contributed by atoms with Gasteiger partial charge in [-0.05, 0) is 36.7 Å². The highest BCUT2D eigenvalue weighted by Crippen LogP contribution is 2.33. The number of nitrogens with one attached hydrogen (secondary N) is 1. The Labute approximate surface area is 113 Å². The highest BCUT2D eigenvalue weighted by atomic mass is 32.2. The molecule has 1 aromatic heterocycles. The number of nitrogens with two attached hydrogens (primary N) is 1. The Morgan fingerprint density at radius 3 is 3.06 bits per heavy atom. The molecule has 5 nitrogen and oxygen atoms in total. The molecule has 0 spiro atoms. The van der Waals surface area contributed by atoms with E-state index < -0.39 is 0 Å². The molecule has 2 aromatic rings. The SMILES string of the molecule is CCNC(=O)c1ccc(N)c(Sc2ncns2)c1. The van der Waals surface area contributed by atoms with Crippen molar-refractivity contribution >= 4 is 34.9 Å². The molecule has 0 saturated heterocycles. The van der Waals surface area contributed by atoms with Crippen LogP contribution in [0.4, 0.5) is 5.69 Å². The quantitative estimate of drug-likeness (QED) is 0.837. The second kappa shape index (κ2) is 5.83. The van der Waals surface area contributed by atoms with Crippen LogP contribution in [0.1, 0.15) is 17.3 Å². The molecule has 0 saturated carbocycles. The number of benzene rings is 1. The molecule has 2 rings (SSSR count). The lowest BCUT2D eigenvalue weighted by Gasteiger charge is -2.06. The number of nitrogen functional groups attached to an aromatic ring is 1. The number of aromatic nitrogens is 2. The lowest BCUT2D eigenvalue weighted by molar-refractivity contribution is 0.0955. The molecular weight excluding hydrogens is 268 g/mol. The first-order valence-corrected chi connectivity index (χ1v) is 6.92. The molecular formula is C11H12N4OS2. The van der Waals surface area contributed by atoms with Crippen LogP contribution < -0.4 is 11.1 Å². The van der Waals surface area contributed by atoms with Crippen LogP contribution >= 0.6 is 23.3 Å². The Morgan fingerprint density at radius 2 is 2.39 bits per heavy atom. The molecule has 0 radical (unpaired) electrons. The van der Waals surface area contributed by atoms with E-state index in [2.05, 4.69) is 14.7 Å². The average molecular weight is 280 g/mol. The zero-order valence-electron chi connectivity index (χ0n) is 9.71. The maximum Gasteiger partial charge on any atom is 0.251 e. The van der Waals surface area contributed by atoms with Gasteiger partial charge in [0.05, 0.1) is 0 Å². The van der Waals surface area contributed by atoms with Gasteiger partial charge in [-0.2, -0.15) is 4.37 Å². The van der Waals surface area contributed by atoms with E-state index in [9.17, 15) is 4.79 Å². The van der Waals surface area contributed by atoms with Crippen LogP contribution in [0.15, 0.2) is 33.8 Å². The first-order valence-electron chi connectivity index (χ1n) is 5.33. The number of carbonyl (C=O) groups excluding carboxylic acids is 1. The molecule has 7 heteroatoms. The molecule has 0 aliphatic carbocycles. The maximum atomic E-state index is 11.7. The third-order valence-electron chi connectivity index (χ3n) is 2.15. The zero-order chi connectivity index (χ0) is 13.0. The van der Waals surface area contributed by atoms with Crippen molar-refractivity contribution in [1.82, 2.24) is 14.7 Å². The van der Waals surface area contributed by atoms with Crippen molar-refractivity contribution in [2.24, 2.45) is 0 Å². The number of hydrogen-bond acceptors (Lipinski definition) is 6. The molecule has 0 aliphatic heterocycles. The van der Waals surface area contributed by atoms with Crippen molar-refractivity contribution < 1.29 is 4.79 Å². The van der Waals surface area contributed by atoms with E-state index >= 15 is 0 Å². The van der Waals surface area contributed by atoms with Gasteiger partial charge in [0.1, 0.15) is 6.33 Å². The normalized spacial score (nSPS) is 10.3. The van der Waals surface area contributed by atoms with Crippen LogP contribution in [-0.2, 0) is 0 Å². The monoisotopic (exact) mass is 280 g/mol. The third kappa shape index (κ3) is 2.99. The first-order chi connectivity index (χ1) is 8.70. The minimum atomic E-state index is -0.100. The molecule has 0 fully saturated rings. The van der Waals surface area contributed by atoms with Crippen LogP contribution in [-0.4, -0.2) is 21.8 Å². The van der Waals surface area contributed by atoms with Crippen LogP contribution in [0.3, 0.4) is 0 Å². The number of amides is 1. The molecule has 0 bridgehead atoms. The summed E-state index contributed by atoms with van der Waals surface area (Å²) in [7, 11) is 0. The van der Waals surface area contributed by atoms with Crippen LogP contribution in [0.2, 0.25) is 0 Å². The fourth-order valence-electron chi connectivity index (χ4n) is 1.33. The second-order valence-electron chi connectivity index (χ2n) is 3.42. The summed E-state index contributed by atoms with van der Waals surface area (Å²) in [6, 6.07) is 5.21. The summed E-state index contributed by atoms with van der Waals surface area (Å²) in [4.78, 5) is 16.6. The van der Waals surface area contributed by atoms with Gasteiger partial charge < -0.3 is 11.1 Å². The van der Waals surface area contributed by atoms with Crippen molar-refractivity contribution in [3.63, 3.8) is 0 Å². The number of carbonyl (C=O) groups is 1. The van der Waals surface area contributed by atoms with E-state index in [-0.39, 0.29) is 5.91 Å². The Bertz CT molecular complexity index is 542. The molecule has 1 heterocycles. The van der Waals surface area contributed by atoms with Gasteiger partial charge in [-0.3, -0.25) is 4.79 Å². The van der Waals surface area contributed by atoms with Gasteiger partial charge in [-0.25, -0.2) is 4.98 Å². The van der Waals surface area contributed by atoms with Gasteiger partial charge in [-0.15, -0.1) is 0 Å². The first kappa shape index (κ1) is 12.8. The minimum absolute atomic E-state index is 0.100. The topological polar surface area (TPSA) is 80.9 Å². The van der Waals surface area contributed by atoms with E-state index in [1.54, 1.807) is 18.2 Å². The summed E-state index contributed by atoms with van der Waals surface area (Å²) in [5, 5.41) is 2.75. The van der Waals surface area contributed by atoms with E-state index in [0.29, 0.717) is 17.8 Å². The summed E-state index contributed by atoms with van der Waals surface area (Å²) in [5.41, 5.74) is 7.11. The zero-order valence-corrected chi connectivity index (χ0v) is 11.3. The minimum Gasteiger partial charge on any atom is -0.398 e. The smallest absolute Gasteiger partial charge is 0.251 e. The van der Waals surface area contributed by atoms with Crippen molar-refractivity contribution in [2.75, 3.05) is 12.3 Å². The van der Waals surface area contributed by atoms with Crippen molar-refractivity contribution in [3.8, 4) is 0 Å². The summed E-state index contributed by atoms with van der Waals surface area (Å²) in [5.74, 6) is -0.100. The van der Waals surface area contributed by atoms with Crippen molar-refractivity contribution in [3.05, 3.63) is 30.1 Å². The predicted molar refractivity (Wildman–Crippen MR) is 72.9 cm³/mol. The molecule has 1 aromatic carbocycles. The highest BCUT2D eigenvalue weighted by Gasteiger charge is 2.10. The largest absolute Gasteiger partial charge is 0.398 e. The maximum absolute atomic E-state index is 11.7. The lowest BCUT2D eigenvalue weighted by atomic mass is 10.2. The number of nitrogens with zero attached hydrogens (tertiary/aromatic N) is 2. The van der Waals surface area contributed by atoms with Crippen LogP contribution in [0, 0.1) is 0 Å². The molecule has 0 aliphatic rings. The number of hydrogen-bond donors (Lipinski definition) is 2. The summed E-state index contributed by atoms with van der Waals surface area (Å²) < 4.78 is 4.73. The average Bonchev–Trinajstić information content (AvgIpc) is 2.85. The molecule has 94 valence electrons. The Morgan fingerprint density at radius 1 is 1.56 bits per heavy atom. The van der Waals surface area contributed by atoms with Gasteiger partial charge in [0.15, 0.2) is 4.34 Å². The fraction of sp³-hybridized carbons (Fsp3) is 0.182. The molecule has 0 atom stereocenters. The van der Waals surface area contributed by atoms with Gasteiger partial charge >= 0.3 is 0 Å². The van der Waals surface area contributed by atoms with E-state index in [1.165, 1.54) is 29.6 Å². The molecule has 1 amide bonds. The summed E-state index contributed by atoms with van der Waals surface area (Å²) in [6.45, 7) is 2.48. The molecule has 18 heavy (non-hydrogen) atoms. The number of anilines is 1. The van der Waals surface area contributed by atoms with Gasteiger partial charge in [0.2, 0.25) is 0 Å². The van der Waals surface area contributed by atoms with Crippen molar-refractivity contribution in [2.45, 2.75) is 16.2 Å². The predicted octanol–water partition coefficient (Wildman–Crippen LogP) is 2.02. The third-order valence-corrected chi connectivity index (χ3v) is 3.94. The lowest BCUT2D eigenvalue weighted by Crippen LogP contribution is -2.22. The van der Waals surface area contributed by atoms with Gasteiger partial charge in [-0.1, -0.05) is 11.8 Å². The summed E-state index contributed by atoms with van der Waals surface area (Å²) in [6.07, 6.45) is 1.50. The van der Waals surface area contributed by atoms with Crippen molar-refractivity contribution in [1.29, 1.82) is 0 Å². The second-order valence-corrected chi connectivity index (χ2v) is 5.49. The highest BCUT2D eigenvalue weighted by molar-refractivity contribution is 8.01. The van der Waals surface area contributed by atoms with Gasteiger partial charge in [0.25, 0.3) is 5.91 Å². The van der Waals surface area contributed by atoms with E-state index in [0.717, 1.165) is 9.24 Å². The van der Waals surface area contributed by atoms with Gasteiger partial charge in [0, 0.05) is 22.7 Å². The number of rotatable bonds is 4. The van der Waals surface area contributed by atoms with E-state index in [1.807, 2.05) is 6.92 Å². The van der Waals surface area contributed by atoms with E-state index in [4.69, 9.17) is 5.73 Å². The molecule has 3 N–H and O–H groups in total. The van der Waals surface area contributed by atoms with Crippen LogP contribution in [0.5, 0.6) is 0 Å². The summed E-state index contributed by atoms with van der Waals surface area (Å²) >= 11 is 2.71. The standard InChI is InChI=1S/C11H12N4OS2/c1-2-13-10(16)7-3-4-8(12)9(5-7)17-11-14-6-15-18-11/h3-6H,2,12H2,1H3,(H,13,16). The Hall–Kier alpha value is -1.60. The Balaban J connectivity index is 2.24. The fourth-order valence-corrected chi connectivity index (χ4v) is 2.81. The molecule has 0 unspecified atom stereocenters. The van der Waals surface area contributed by atoms with Crippen LogP contribution in [0.25, 0.3) is 0 Å².